The van der Waals surface area contributed by atoms with Gasteiger partial charge in [-0.2, -0.15) is 0 Å². The van der Waals surface area contributed by atoms with Gasteiger partial charge < -0.3 is 19.5 Å². The molecule has 0 aromatic heterocycles. The SMILES string of the molecule is C=CCOc1ccc(C(=O)NCc2ccc(OCC)c(OC)c2)cc1. The van der Waals surface area contributed by atoms with Crippen LogP contribution in [0.15, 0.2) is 55.1 Å². The Morgan fingerprint density at radius 1 is 1.12 bits per heavy atom. The highest BCUT2D eigenvalue weighted by atomic mass is 16.5. The van der Waals surface area contributed by atoms with E-state index in [1.165, 1.54) is 0 Å². The number of hydrogen-bond donors (Lipinski definition) is 1. The second-order valence-electron chi connectivity index (χ2n) is 5.22. The van der Waals surface area contributed by atoms with E-state index in [1.807, 2.05) is 25.1 Å². The Hall–Kier alpha value is -2.95. The highest BCUT2D eigenvalue weighted by molar-refractivity contribution is 5.94. The lowest BCUT2D eigenvalue weighted by atomic mass is 10.1. The first-order chi connectivity index (χ1) is 12.2. The highest BCUT2D eigenvalue weighted by Gasteiger charge is 2.08. The lowest BCUT2D eigenvalue weighted by Gasteiger charge is -2.11. The third kappa shape index (κ3) is 5.28. The zero-order valence-electron chi connectivity index (χ0n) is 14.6. The zero-order valence-corrected chi connectivity index (χ0v) is 14.6. The van der Waals surface area contributed by atoms with E-state index in [-0.39, 0.29) is 5.91 Å². The predicted molar refractivity (Wildman–Crippen MR) is 97.5 cm³/mol. The Bertz CT molecular complexity index is 710. The maximum Gasteiger partial charge on any atom is 0.251 e. The van der Waals surface area contributed by atoms with Crippen molar-refractivity contribution < 1.29 is 19.0 Å². The van der Waals surface area contributed by atoms with Crippen LogP contribution in [-0.4, -0.2) is 26.2 Å². The second-order valence-corrected chi connectivity index (χ2v) is 5.22. The largest absolute Gasteiger partial charge is 0.493 e. The normalized spacial score (nSPS) is 10.0. The number of ether oxygens (including phenoxy) is 3. The van der Waals surface area contributed by atoms with Crippen LogP contribution in [0.5, 0.6) is 17.2 Å². The van der Waals surface area contributed by atoms with E-state index in [0.717, 1.165) is 5.56 Å². The first-order valence-electron chi connectivity index (χ1n) is 8.09. The van der Waals surface area contributed by atoms with E-state index in [9.17, 15) is 4.79 Å². The molecular weight excluding hydrogens is 318 g/mol. The van der Waals surface area contributed by atoms with Gasteiger partial charge in [0, 0.05) is 12.1 Å². The summed E-state index contributed by atoms with van der Waals surface area (Å²) in [7, 11) is 1.59. The second kappa shape index (κ2) is 9.37. The predicted octanol–water partition coefficient (Wildman–Crippen LogP) is 3.59. The fourth-order valence-electron chi connectivity index (χ4n) is 2.24. The smallest absolute Gasteiger partial charge is 0.251 e. The minimum absolute atomic E-state index is 0.150. The summed E-state index contributed by atoms with van der Waals surface area (Å²) in [5, 5.41) is 2.89. The average molecular weight is 341 g/mol. The molecule has 132 valence electrons. The number of amides is 1. The average Bonchev–Trinajstić information content (AvgIpc) is 2.65. The number of hydrogen-bond acceptors (Lipinski definition) is 4. The van der Waals surface area contributed by atoms with Gasteiger partial charge in [0.15, 0.2) is 11.5 Å². The van der Waals surface area contributed by atoms with E-state index >= 15 is 0 Å². The van der Waals surface area contributed by atoms with Gasteiger partial charge in [0.25, 0.3) is 5.91 Å². The van der Waals surface area contributed by atoms with Crippen molar-refractivity contribution in [3.63, 3.8) is 0 Å². The molecule has 0 spiro atoms. The van der Waals surface area contributed by atoms with Gasteiger partial charge in [0.2, 0.25) is 0 Å². The number of benzene rings is 2. The van der Waals surface area contributed by atoms with Crippen LogP contribution in [0.3, 0.4) is 0 Å². The minimum atomic E-state index is -0.150. The topological polar surface area (TPSA) is 56.8 Å². The Kier molecular flexibility index (Phi) is 6.89. The molecule has 1 amide bonds. The number of rotatable bonds is 9. The van der Waals surface area contributed by atoms with Gasteiger partial charge in [-0.3, -0.25) is 4.79 Å². The fourth-order valence-corrected chi connectivity index (χ4v) is 2.24. The van der Waals surface area contributed by atoms with Crippen molar-refractivity contribution in [2.45, 2.75) is 13.5 Å². The first kappa shape index (κ1) is 18.4. The van der Waals surface area contributed by atoms with Crippen molar-refractivity contribution in [3.05, 3.63) is 66.2 Å². The Morgan fingerprint density at radius 2 is 1.88 bits per heavy atom. The molecule has 2 aromatic carbocycles. The molecule has 0 saturated carbocycles. The molecule has 2 rings (SSSR count). The summed E-state index contributed by atoms with van der Waals surface area (Å²) >= 11 is 0. The number of methoxy groups -OCH3 is 1. The summed E-state index contributed by atoms with van der Waals surface area (Å²) in [5.74, 6) is 1.89. The molecule has 0 unspecified atom stereocenters. The van der Waals surface area contributed by atoms with Gasteiger partial charge in [-0.25, -0.2) is 0 Å². The maximum absolute atomic E-state index is 12.2. The van der Waals surface area contributed by atoms with E-state index in [4.69, 9.17) is 14.2 Å². The van der Waals surface area contributed by atoms with Crippen LogP contribution in [0, 0.1) is 0 Å². The van der Waals surface area contributed by atoms with Crippen molar-refractivity contribution in [1.82, 2.24) is 5.32 Å². The number of nitrogens with one attached hydrogen (secondary N) is 1. The molecule has 2 aromatic rings. The van der Waals surface area contributed by atoms with E-state index < -0.39 is 0 Å². The van der Waals surface area contributed by atoms with Crippen LogP contribution in [0.1, 0.15) is 22.8 Å². The summed E-state index contributed by atoms with van der Waals surface area (Å²) in [6, 6.07) is 12.6. The van der Waals surface area contributed by atoms with Gasteiger partial charge in [-0.05, 0) is 48.9 Å². The monoisotopic (exact) mass is 341 g/mol. The van der Waals surface area contributed by atoms with Crippen LogP contribution in [0.4, 0.5) is 0 Å². The van der Waals surface area contributed by atoms with Crippen LogP contribution in [0.25, 0.3) is 0 Å². The molecule has 0 fully saturated rings. The Labute approximate surface area is 148 Å². The molecule has 0 aliphatic heterocycles. The maximum atomic E-state index is 12.2. The van der Waals surface area contributed by atoms with Gasteiger partial charge >= 0.3 is 0 Å². The Morgan fingerprint density at radius 3 is 2.52 bits per heavy atom. The minimum Gasteiger partial charge on any atom is -0.493 e. The molecular formula is C20H23NO4. The molecule has 1 N–H and O–H groups in total. The van der Waals surface area contributed by atoms with Crippen molar-refractivity contribution in [2.75, 3.05) is 20.3 Å². The van der Waals surface area contributed by atoms with Crippen molar-refractivity contribution >= 4 is 5.91 Å². The van der Waals surface area contributed by atoms with E-state index in [1.54, 1.807) is 37.5 Å². The van der Waals surface area contributed by atoms with E-state index in [2.05, 4.69) is 11.9 Å². The molecule has 5 heteroatoms. The molecule has 0 saturated heterocycles. The fraction of sp³-hybridized carbons (Fsp3) is 0.250. The van der Waals surface area contributed by atoms with Crippen molar-refractivity contribution in [3.8, 4) is 17.2 Å². The van der Waals surface area contributed by atoms with Crippen LogP contribution in [-0.2, 0) is 6.54 Å². The molecule has 0 heterocycles. The Balaban J connectivity index is 1.96. The van der Waals surface area contributed by atoms with Gasteiger partial charge in [0.05, 0.1) is 13.7 Å². The van der Waals surface area contributed by atoms with Crippen molar-refractivity contribution in [1.29, 1.82) is 0 Å². The number of carbonyl (C=O) groups is 1. The molecule has 25 heavy (non-hydrogen) atoms. The van der Waals surface area contributed by atoms with Gasteiger partial charge in [0.1, 0.15) is 12.4 Å². The van der Waals surface area contributed by atoms with Crippen LogP contribution in [0.2, 0.25) is 0 Å². The summed E-state index contributed by atoms with van der Waals surface area (Å²) in [4.78, 5) is 12.2. The summed E-state index contributed by atoms with van der Waals surface area (Å²) in [6.45, 7) is 6.92. The summed E-state index contributed by atoms with van der Waals surface area (Å²) < 4.78 is 16.2. The first-order valence-corrected chi connectivity index (χ1v) is 8.09. The lowest BCUT2D eigenvalue weighted by Crippen LogP contribution is -2.22. The molecule has 0 aliphatic carbocycles. The summed E-state index contributed by atoms with van der Waals surface area (Å²) in [5.41, 5.74) is 1.50. The standard InChI is InChI=1S/C20H23NO4/c1-4-12-25-17-9-7-16(8-10-17)20(22)21-14-15-6-11-18(24-5-2)19(13-15)23-3/h4,6-11,13H,1,5,12,14H2,2-3H3,(H,21,22). The number of carbonyl (C=O) groups excluding carboxylic acids is 1. The third-order valence-corrected chi connectivity index (χ3v) is 3.47. The quantitative estimate of drug-likeness (QED) is 0.708. The molecule has 0 radical (unpaired) electrons. The molecule has 0 atom stereocenters. The van der Waals surface area contributed by atoms with Gasteiger partial charge in [-0.1, -0.05) is 18.7 Å². The molecule has 0 bridgehead atoms. The zero-order chi connectivity index (χ0) is 18.1. The van der Waals surface area contributed by atoms with E-state index in [0.29, 0.717) is 42.6 Å². The highest BCUT2D eigenvalue weighted by Crippen LogP contribution is 2.28. The third-order valence-electron chi connectivity index (χ3n) is 3.47. The van der Waals surface area contributed by atoms with Crippen molar-refractivity contribution in [2.24, 2.45) is 0 Å². The lowest BCUT2D eigenvalue weighted by molar-refractivity contribution is 0.0951. The van der Waals surface area contributed by atoms with Crippen LogP contribution < -0.4 is 19.5 Å². The molecule has 5 nitrogen and oxygen atoms in total. The molecule has 0 aliphatic rings. The summed E-state index contributed by atoms with van der Waals surface area (Å²) in [6.07, 6.45) is 1.67. The van der Waals surface area contributed by atoms with Gasteiger partial charge in [-0.15, -0.1) is 0 Å². The van der Waals surface area contributed by atoms with Crippen LogP contribution >= 0.6 is 0 Å².